The lowest BCUT2D eigenvalue weighted by atomic mass is 9.78. The molecule has 1 saturated heterocycles. The highest BCUT2D eigenvalue weighted by atomic mass is 16.2. The third kappa shape index (κ3) is 0.655. The number of nitrogens with one attached hydrogen (secondary N) is 1. The standard InChI is InChI=1S/C7H11NO/c9-7-5-3-1-2-4-6(5)8-7/h5-6H,1-4H2,(H,8,9)/t5-,6+/m0/s1. The highest BCUT2D eigenvalue weighted by Crippen LogP contribution is 2.30. The molecule has 50 valence electrons. The van der Waals surface area contributed by atoms with E-state index in [1.165, 1.54) is 19.3 Å². The fourth-order valence-corrected chi connectivity index (χ4v) is 1.81. The third-order valence-electron chi connectivity index (χ3n) is 2.43. The maximum atomic E-state index is 10.8. The van der Waals surface area contributed by atoms with Crippen LogP contribution in [0.25, 0.3) is 0 Å². The smallest absolute Gasteiger partial charge is 0.225 e. The Balaban J connectivity index is 2.01. The van der Waals surface area contributed by atoms with E-state index in [0.29, 0.717) is 17.9 Å². The van der Waals surface area contributed by atoms with Crippen LogP contribution in [-0.4, -0.2) is 11.9 Å². The molecule has 0 aromatic heterocycles. The number of carbonyl (C=O) groups excluding carboxylic acids is 1. The van der Waals surface area contributed by atoms with Crippen LogP contribution < -0.4 is 5.32 Å². The average Bonchev–Trinajstić information content (AvgIpc) is 1.86. The number of rotatable bonds is 0. The number of fused-ring (bicyclic) bond motifs is 1. The van der Waals surface area contributed by atoms with E-state index in [9.17, 15) is 4.79 Å². The summed E-state index contributed by atoms with van der Waals surface area (Å²) in [5.74, 6) is 0.693. The predicted octanol–water partition coefficient (Wildman–Crippen LogP) is 0.675. The zero-order valence-electron chi connectivity index (χ0n) is 5.39. The SMILES string of the molecule is O=C1N[C@@H]2CCCC[C@H]12. The number of carbonyl (C=O) groups is 1. The molecule has 1 amide bonds. The van der Waals surface area contributed by atoms with Gasteiger partial charge < -0.3 is 5.32 Å². The van der Waals surface area contributed by atoms with Gasteiger partial charge in [0.2, 0.25) is 5.91 Å². The Morgan fingerprint density at radius 3 is 2.67 bits per heavy atom. The molecule has 9 heavy (non-hydrogen) atoms. The molecule has 2 nitrogen and oxygen atoms in total. The summed E-state index contributed by atoms with van der Waals surface area (Å²) in [5, 5.41) is 2.91. The Morgan fingerprint density at radius 2 is 2.11 bits per heavy atom. The topological polar surface area (TPSA) is 29.1 Å². The van der Waals surface area contributed by atoms with Gasteiger partial charge in [0, 0.05) is 6.04 Å². The minimum Gasteiger partial charge on any atom is -0.352 e. The van der Waals surface area contributed by atoms with Gasteiger partial charge in [0.25, 0.3) is 0 Å². The second kappa shape index (κ2) is 1.72. The van der Waals surface area contributed by atoms with Crippen molar-refractivity contribution < 1.29 is 4.79 Å². The summed E-state index contributed by atoms with van der Waals surface area (Å²) in [4.78, 5) is 10.8. The first kappa shape index (κ1) is 5.27. The second-order valence-corrected chi connectivity index (χ2v) is 3.01. The molecular weight excluding hydrogens is 114 g/mol. The van der Waals surface area contributed by atoms with Crippen LogP contribution in [0, 0.1) is 5.92 Å². The van der Waals surface area contributed by atoms with E-state index in [-0.39, 0.29) is 0 Å². The normalized spacial score (nSPS) is 40.7. The van der Waals surface area contributed by atoms with Gasteiger partial charge in [0.15, 0.2) is 0 Å². The van der Waals surface area contributed by atoms with Gasteiger partial charge in [0.1, 0.15) is 0 Å². The van der Waals surface area contributed by atoms with E-state index < -0.39 is 0 Å². The molecule has 1 saturated carbocycles. The van der Waals surface area contributed by atoms with E-state index in [1.807, 2.05) is 0 Å². The largest absolute Gasteiger partial charge is 0.352 e. The van der Waals surface area contributed by atoms with Gasteiger partial charge in [-0.2, -0.15) is 0 Å². The van der Waals surface area contributed by atoms with Gasteiger partial charge >= 0.3 is 0 Å². The zero-order chi connectivity index (χ0) is 6.27. The molecule has 0 unspecified atom stereocenters. The predicted molar refractivity (Wildman–Crippen MR) is 33.9 cm³/mol. The molecule has 1 N–H and O–H groups in total. The van der Waals surface area contributed by atoms with Crippen LogP contribution in [0.1, 0.15) is 25.7 Å². The second-order valence-electron chi connectivity index (χ2n) is 3.01. The lowest BCUT2D eigenvalue weighted by molar-refractivity contribution is -0.136. The summed E-state index contributed by atoms with van der Waals surface area (Å²) in [7, 11) is 0. The van der Waals surface area contributed by atoms with Gasteiger partial charge in [0.05, 0.1) is 5.92 Å². The molecule has 1 aliphatic heterocycles. The van der Waals surface area contributed by atoms with E-state index in [0.717, 1.165) is 6.42 Å². The summed E-state index contributed by atoms with van der Waals surface area (Å²) in [5.41, 5.74) is 0. The van der Waals surface area contributed by atoms with Crippen molar-refractivity contribution in [2.75, 3.05) is 0 Å². The van der Waals surface area contributed by atoms with Crippen molar-refractivity contribution in [3.63, 3.8) is 0 Å². The summed E-state index contributed by atoms with van der Waals surface area (Å²) in [6, 6.07) is 0.561. The minimum atomic E-state index is 0.291. The van der Waals surface area contributed by atoms with Crippen LogP contribution in [0.15, 0.2) is 0 Å². The summed E-state index contributed by atoms with van der Waals surface area (Å²) >= 11 is 0. The Labute approximate surface area is 54.6 Å². The van der Waals surface area contributed by atoms with Crippen LogP contribution in [0.2, 0.25) is 0 Å². The first-order valence-corrected chi connectivity index (χ1v) is 3.68. The summed E-state index contributed by atoms with van der Waals surface area (Å²) in [6.45, 7) is 0. The Kier molecular flexibility index (Phi) is 1.01. The molecule has 2 atom stereocenters. The molecule has 1 aliphatic carbocycles. The first-order valence-electron chi connectivity index (χ1n) is 3.68. The molecule has 1 heterocycles. The maximum Gasteiger partial charge on any atom is 0.225 e. The maximum absolute atomic E-state index is 10.8. The average molecular weight is 125 g/mol. The Hall–Kier alpha value is -0.530. The fraction of sp³-hybridized carbons (Fsp3) is 0.857. The monoisotopic (exact) mass is 125 g/mol. The quantitative estimate of drug-likeness (QED) is 0.474. The van der Waals surface area contributed by atoms with Gasteiger partial charge in [-0.1, -0.05) is 12.8 Å². The number of amides is 1. The fourth-order valence-electron chi connectivity index (χ4n) is 1.81. The molecule has 0 aromatic carbocycles. The van der Waals surface area contributed by atoms with Crippen molar-refractivity contribution in [2.24, 2.45) is 5.92 Å². The van der Waals surface area contributed by atoms with Gasteiger partial charge in [-0.15, -0.1) is 0 Å². The molecule has 2 fully saturated rings. The molecule has 2 rings (SSSR count). The number of hydrogen-bond donors (Lipinski definition) is 1. The Morgan fingerprint density at radius 1 is 1.33 bits per heavy atom. The van der Waals surface area contributed by atoms with Gasteiger partial charge in [-0.3, -0.25) is 4.79 Å². The van der Waals surface area contributed by atoms with E-state index in [1.54, 1.807) is 0 Å². The van der Waals surface area contributed by atoms with Crippen LogP contribution in [0.5, 0.6) is 0 Å². The van der Waals surface area contributed by atoms with Crippen LogP contribution in [-0.2, 0) is 4.79 Å². The van der Waals surface area contributed by atoms with Crippen molar-refractivity contribution in [3.05, 3.63) is 0 Å². The van der Waals surface area contributed by atoms with Gasteiger partial charge in [-0.25, -0.2) is 0 Å². The highest BCUT2D eigenvalue weighted by molar-refractivity contribution is 5.85. The van der Waals surface area contributed by atoms with Crippen LogP contribution in [0.3, 0.4) is 0 Å². The number of β-lactam (4-membered cyclic amide) rings is 1. The van der Waals surface area contributed by atoms with Gasteiger partial charge in [-0.05, 0) is 12.8 Å². The van der Waals surface area contributed by atoms with Crippen molar-refractivity contribution in [1.29, 1.82) is 0 Å². The van der Waals surface area contributed by atoms with Crippen LogP contribution >= 0.6 is 0 Å². The van der Waals surface area contributed by atoms with E-state index >= 15 is 0 Å². The van der Waals surface area contributed by atoms with Crippen LogP contribution in [0.4, 0.5) is 0 Å². The van der Waals surface area contributed by atoms with Crippen molar-refractivity contribution in [3.8, 4) is 0 Å². The van der Waals surface area contributed by atoms with Crippen molar-refractivity contribution >= 4 is 5.91 Å². The molecular formula is C7H11NO. The molecule has 0 spiro atoms. The van der Waals surface area contributed by atoms with E-state index in [4.69, 9.17) is 0 Å². The molecule has 0 aromatic rings. The lowest BCUT2D eigenvalue weighted by Gasteiger charge is -2.40. The highest BCUT2D eigenvalue weighted by Gasteiger charge is 2.39. The lowest BCUT2D eigenvalue weighted by Crippen LogP contribution is -2.59. The minimum absolute atomic E-state index is 0.291. The first-order chi connectivity index (χ1) is 4.38. The van der Waals surface area contributed by atoms with Crippen molar-refractivity contribution in [1.82, 2.24) is 5.32 Å². The number of hydrogen-bond acceptors (Lipinski definition) is 1. The van der Waals surface area contributed by atoms with E-state index in [2.05, 4.69) is 5.32 Å². The summed E-state index contributed by atoms with van der Waals surface area (Å²) < 4.78 is 0. The zero-order valence-corrected chi connectivity index (χ0v) is 5.39. The molecule has 0 radical (unpaired) electrons. The molecule has 2 aliphatic rings. The molecule has 0 bridgehead atoms. The summed E-state index contributed by atoms with van der Waals surface area (Å²) in [6.07, 6.45) is 4.92. The third-order valence-corrected chi connectivity index (χ3v) is 2.43. The Bertz CT molecular complexity index is 144. The molecule has 2 heteroatoms. The van der Waals surface area contributed by atoms with Crippen molar-refractivity contribution in [2.45, 2.75) is 31.7 Å².